The Balaban J connectivity index is 2.02. The van der Waals surface area contributed by atoms with Crippen LogP contribution < -0.4 is 5.32 Å². The second kappa shape index (κ2) is 3.05. The van der Waals surface area contributed by atoms with Crippen LogP contribution in [0.3, 0.4) is 0 Å². The van der Waals surface area contributed by atoms with E-state index in [1.54, 1.807) is 11.3 Å². The van der Waals surface area contributed by atoms with E-state index in [1.807, 2.05) is 0 Å². The van der Waals surface area contributed by atoms with Crippen LogP contribution in [0.25, 0.3) is 0 Å². The largest absolute Gasteiger partial charge is 0.359 e. The summed E-state index contributed by atoms with van der Waals surface area (Å²) in [5, 5.41) is 6.65. The van der Waals surface area contributed by atoms with Crippen LogP contribution in [-0.2, 0) is 0 Å². The molecular weight excluding hydrogens is 168 g/mol. The van der Waals surface area contributed by atoms with Gasteiger partial charge in [-0.15, -0.1) is 11.3 Å². The topological polar surface area (TPSA) is 24.9 Å². The Labute approximate surface area is 77.0 Å². The lowest BCUT2D eigenvalue weighted by Gasteiger charge is -1.98. The van der Waals surface area contributed by atoms with E-state index in [4.69, 9.17) is 0 Å². The van der Waals surface area contributed by atoms with Gasteiger partial charge in [-0.05, 0) is 18.8 Å². The van der Waals surface area contributed by atoms with Crippen molar-refractivity contribution in [2.75, 3.05) is 5.32 Å². The molecule has 0 aliphatic heterocycles. The third kappa shape index (κ3) is 1.78. The van der Waals surface area contributed by atoms with Crippen molar-refractivity contribution >= 4 is 16.5 Å². The van der Waals surface area contributed by atoms with E-state index in [0.717, 1.165) is 11.2 Å². The van der Waals surface area contributed by atoms with Crippen LogP contribution in [0.15, 0.2) is 5.38 Å². The number of nitrogens with zero attached hydrogens (tertiary/aromatic N) is 1. The molecule has 1 aromatic heterocycles. The molecule has 0 atom stereocenters. The Morgan fingerprint density at radius 1 is 1.58 bits per heavy atom. The van der Waals surface area contributed by atoms with Gasteiger partial charge in [-0.1, -0.05) is 13.8 Å². The third-order valence-corrected chi connectivity index (χ3v) is 2.81. The fourth-order valence-corrected chi connectivity index (χ4v) is 1.97. The van der Waals surface area contributed by atoms with Gasteiger partial charge in [0.25, 0.3) is 0 Å². The van der Waals surface area contributed by atoms with Crippen LogP contribution in [0, 0.1) is 0 Å². The molecule has 0 unspecified atom stereocenters. The van der Waals surface area contributed by atoms with Gasteiger partial charge in [-0.2, -0.15) is 0 Å². The van der Waals surface area contributed by atoms with Gasteiger partial charge < -0.3 is 5.32 Å². The van der Waals surface area contributed by atoms with Gasteiger partial charge in [0.15, 0.2) is 5.13 Å². The number of aromatic nitrogens is 1. The molecule has 2 rings (SSSR count). The highest BCUT2D eigenvalue weighted by molar-refractivity contribution is 7.13. The summed E-state index contributed by atoms with van der Waals surface area (Å²) in [4.78, 5) is 4.50. The van der Waals surface area contributed by atoms with E-state index in [2.05, 4.69) is 29.5 Å². The normalized spacial score (nSPS) is 16.9. The van der Waals surface area contributed by atoms with Crippen molar-refractivity contribution in [2.24, 2.45) is 0 Å². The Kier molecular flexibility index (Phi) is 2.05. The zero-order valence-electron chi connectivity index (χ0n) is 7.50. The van der Waals surface area contributed by atoms with E-state index >= 15 is 0 Å². The number of anilines is 1. The minimum absolute atomic E-state index is 0.552. The highest BCUT2D eigenvalue weighted by Crippen LogP contribution is 2.28. The van der Waals surface area contributed by atoms with Crippen molar-refractivity contribution in [1.82, 2.24) is 4.98 Å². The van der Waals surface area contributed by atoms with Gasteiger partial charge in [0, 0.05) is 11.4 Å². The lowest BCUT2D eigenvalue weighted by Crippen LogP contribution is -2.00. The lowest BCUT2D eigenvalue weighted by molar-refractivity contribution is 0.833. The zero-order valence-corrected chi connectivity index (χ0v) is 8.32. The van der Waals surface area contributed by atoms with Crippen LogP contribution in [0.5, 0.6) is 0 Å². The number of hydrogen-bond acceptors (Lipinski definition) is 3. The Bertz CT molecular complexity index is 263. The second-order valence-corrected chi connectivity index (χ2v) is 4.51. The van der Waals surface area contributed by atoms with Gasteiger partial charge in [0.2, 0.25) is 0 Å². The summed E-state index contributed by atoms with van der Waals surface area (Å²) >= 11 is 1.72. The molecule has 1 aromatic rings. The average Bonchev–Trinajstić information content (AvgIpc) is 2.66. The molecule has 1 fully saturated rings. The Morgan fingerprint density at radius 3 is 2.83 bits per heavy atom. The van der Waals surface area contributed by atoms with Crippen LogP contribution in [0.2, 0.25) is 0 Å². The molecule has 2 nitrogen and oxygen atoms in total. The van der Waals surface area contributed by atoms with Crippen molar-refractivity contribution in [1.29, 1.82) is 0 Å². The second-order valence-electron chi connectivity index (χ2n) is 3.65. The molecule has 3 heteroatoms. The van der Waals surface area contributed by atoms with Crippen molar-refractivity contribution in [3.8, 4) is 0 Å². The number of hydrogen-bond donors (Lipinski definition) is 1. The summed E-state index contributed by atoms with van der Waals surface area (Å²) in [6, 6.07) is 0.719. The first kappa shape index (κ1) is 8.05. The van der Waals surface area contributed by atoms with E-state index in [1.165, 1.54) is 18.5 Å². The maximum atomic E-state index is 4.50. The predicted molar refractivity (Wildman–Crippen MR) is 52.8 cm³/mol. The molecule has 0 amide bonds. The molecule has 1 aliphatic carbocycles. The first-order valence-corrected chi connectivity index (χ1v) is 5.35. The molecule has 1 heterocycles. The highest BCUT2D eigenvalue weighted by Gasteiger charge is 2.22. The van der Waals surface area contributed by atoms with Gasteiger partial charge in [0.05, 0.1) is 5.69 Å². The molecule has 1 saturated carbocycles. The van der Waals surface area contributed by atoms with Gasteiger partial charge >= 0.3 is 0 Å². The van der Waals surface area contributed by atoms with Crippen molar-refractivity contribution < 1.29 is 0 Å². The number of nitrogens with one attached hydrogen (secondary N) is 1. The molecule has 1 aliphatic rings. The van der Waals surface area contributed by atoms with E-state index < -0.39 is 0 Å². The minimum Gasteiger partial charge on any atom is -0.359 e. The summed E-state index contributed by atoms with van der Waals surface area (Å²) in [5.41, 5.74) is 1.21. The predicted octanol–water partition coefficient (Wildman–Crippen LogP) is 2.84. The molecule has 0 saturated heterocycles. The van der Waals surface area contributed by atoms with Crippen LogP contribution >= 0.6 is 11.3 Å². The number of rotatable bonds is 3. The summed E-state index contributed by atoms with van der Waals surface area (Å²) < 4.78 is 0. The molecule has 0 spiro atoms. The number of thiazole rings is 1. The minimum atomic E-state index is 0.552. The smallest absolute Gasteiger partial charge is 0.183 e. The van der Waals surface area contributed by atoms with Crippen molar-refractivity contribution in [3.05, 3.63) is 11.1 Å². The van der Waals surface area contributed by atoms with Crippen LogP contribution in [-0.4, -0.2) is 11.0 Å². The fourth-order valence-electron chi connectivity index (χ4n) is 1.02. The lowest BCUT2D eigenvalue weighted by atomic mass is 10.2. The summed E-state index contributed by atoms with van der Waals surface area (Å²) in [6.45, 7) is 4.35. The van der Waals surface area contributed by atoms with Crippen molar-refractivity contribution in [2.45, 2.75) is 38.6 Å². The summed E-state index contributed by atoms with van der Waals surface area (Å²) in [6.07, 6.45) is 2.63. The zero-order chi connectivity index (χ0) is 8.55. The van der Waals surface area contributed by atoms with Crippen LogP contribution in [0.1, 0.15) is 38.3 Å². The van der Waals surface area contributed by atoms with Gasteiger partial charge in [0.1, 0.15) is 0 Å². The third-order valence-electron chi connectivity index (χ3n) is 2.02. The van der Waals surface area contributed by atoms with E-state index in [-0.39, 0.29) is 0 Å². The molecular formula is C9H14N2S. The molecule has 1 N–H and O–H groups in total. The summed E-state index contributed by atoms with van der Waals surface area (Å²) in [7, 11) is 0. The molecule has 66 valence electrons. The maximum Gasteiger partial charge on any atom is 0.183 e. The fraction of sp³-hybridized carbons (Fsp3) is 0.667. The standard InChI is InChI=1S/C9H14N2S/c1-6(2)8-5-12-9(11-8)10-7-3-4-7/h5-7H,3-4H2,1-2H3,(H,10,11). The van der Waals surface area contributed by atoms with E-state index in [9.17, 15) is 0 Å². The quantitative estimate of drug-likeness (QED) is 0.777. The van der Waals surface area contributed by atoms with E-state index in [0.29, 0.717) is 5.92 Å². The van der Waals surface area contributed by atoms with Gasteiger partial charge in [-0.3, -0.25) is 0 Å². The van der Waals surface area contributed by atoms with Crippen LogP contribution in [0.4, 0.5) is 5.13 Å². The van der Waals surface area contributed by atoms with Crippen molar-refractivity contribution in [3.63, 3.8) is 0 Å². The maximum absolute atomic E-state index is 4.50. The molecule has 0 aromatic carbocycles. The first-order valence-electron chi connectivity index (χ1n) is 4.47. The first-order chi connectivity index (χ1) is 5.75. The average molecular weight is 182 g/mol. The Morgan fingerprint density at radius 2 is 2.33 bits per heavy atom. The highest BCUT2D eigenvalue weighted by atomic mass is 32.1. The monoisotopic (exact) mass is 182 g/mol. The molecule has 0 radical (unpaired) electrons. The SMILES string of the molecule is CC(C)c1csc(NC2CC2)n1. The van der Waals surface area contributed by atoms with Gasteiger partial charge in [-0.25, -0.2) is 4.98 Å². The molecule has 0 bridgehead atoms. The summed E-state index contributed by atoms with van der Waals surface area (Å²) in [5.74, 6) is 0.552. The Hall–Kier alpha value is -0.570. The molecule has 12 heavy (non-hydrogen) atoms.